The summed E-state index contributed by atoms with van der Waals surface area (Å²) in [6.45, 7) is 4.52. The van der Waals surface area contributed by atoms with Gasteiger partial charge in [-0.1, -0.05) is 30.3 Å². The van der Waals surface area contributed by atoms with Crippen molar-refractivity contribution < 1.29 is 4.74 Å². The Morgan fingerprint density at radius 1 is 0.829 bits per heavy atom. The summed E-state index contributed by atoms with van der Waals surface area (Å²) in [7, 11) is 0. The maximum Gasteiger partial charge on any atom is 0.153 e. The van der Waals surface area contributed by atoms with E-state index in [-0.39, 0.29) is 6.04 Å². The molecule has 182 valence electrons. The van der Waals surface area contributed by atoms with Crippen molar-refractivity contribution in [2.24, 2.45) is 0 Å². The van der Waals surface area contributed by atoms with Crippen LogP contribution in [0, 0.1) is 0 Å². The first-order valence-corrected chi connectivity index (χ1v) is 12.7. The van der Waals surface area contributed by atoms with Gasteiger partial charge in [0.2, 0.25) is 0 Å². The number of nitrogens with two attached hydrogens (primary N) is 1. The summed E-state index contributed by atoms with van der Waals surface area (Å²) in [6.07, 6.45) is 6.30. The number of benzene rings is 2. The molecule has 0 bridgehead atoms. The second kappa shape index (κ2) is 9.81. The smallest absolute Gasteiger partial charge is 0.153 e. The number of hydrogen-bond acceptors (Lipinski definition) is 8. The average Bonchev–Trinajstić information content (AvgIpc) is 3.31. The summed E-state index contributed by atoms with van der Waals surface area (Å²) >= 11 is 0. The van der Waals surface area contributed by atoms with Crippen molar-refractivity contribution in [1.82, 2.24) is 25.6 Å². The van der Waals surface area contributed by atoms with Gasteiger partial charge in [-0.2, -0.15) is 0 Å². The Bertz CT molecular complexity index is 1130. The van der Waals surface area contributed by atoms with Crippen LogP contribution in [0.2, 0.25) is 0 Å². The zero-order valence-electron chi connectivity index (χ0n) is 19.9. The van der Waals surface area contributed by atoms with Crippen LogP contribution in [0.15, 0.2) is 60.9 Å². The lowest BCUT2D eigenvalue weighted by molar-refractivity contribution is 0.124. The predicted molar refractivity (Wildman–Crippen MR) is 137 cm³/mol. The van der Waals surface area contributed by atoms with E-state index in [1.807, 2.05) is 42.5 Å². The maximum atomic E-state index is 6.39. The minimum absolute atomic E-state index is 0.0839. The fourth-order valence-electron chi connectivity index (χ4n) is 5.69. The van der Waals surface area contributed by atoms with Gasteiger partial charge in [0.1, 0.15) is 23.6 Å². The van der Waals surface area contributed by atoms with E-state index in [0.717, 1.165) is 73.5 Å². The van der Waals surface area contributed by atoms with E-state index >= 15 is 0 Å². The van der Waals surface area contributed by atoms with Gasteiger partial charge in [-0.05, 0) is 68.6 Å². The zero-order valence-corrected chi connectivity index (χ0v) is 19.9. The number of rotatable bonds is 5. The van der Waals surface area contributed by atoms with Crippen molar-refractivity contribution >= 4 is 11.6 Å². The van der Waals surface area contributed by atoms with Gasteiger partial charge < -0.3 is 20.7 Å². The van der Waals surface area contributed by atoms with Crippen molar-refractivity contribution in [1.29, 1.82) is 0 Å². The first kappa shape index (κ1) is 22.3. The van der Waals surface area contributed by atoms with Gasteiger partial charge >= 0.3 is 0 Å². The number of aromatic nitrogens is 2. The van der Waals surface area contributed by atoms with Crippen LogP contribution < -0.4 is 26.2 Å². The highest BCUT2D eigenvalue weighted by Gasteiger charge is 2.38. The average molecular weight is 472 g/mol. The Morgan fingerprint density at radius 2 is 1.54 bits per heavy atom. The van der Waals surface area contributed by atoms with Crippen molar-refractivity contribution in [2.45, 2.75) is 43.8 Å². The highest BCUT2D eigenvalue weighted by atomic mass is 16.5. The topological polar surface area (TPSA) is 91.6 Å². The van der Waals surface area contributed by atoms with E-state index in [4.69, 9.17) is 10.5 Å². The summed E-state index contributed by atoms with van der Waals surface area (Å²) in [6, 6.07) is 19.0. The monoisotopic (exact) mass is 471 g/mol. The second-order valence-electron chi connectivity index (χ2n) is 9.66. The van der Waals surface area contributed by atoms with E-state index in [1.54, 1.807) is 6.33 Å². The Balaban J connectivity index is 1.18. The van der Waals surface area contributed by atoms with E-state index in [2.05, 4.69) is 42.8 Å². The molecule has 6 rings (SSSR count). The molecule has 35 heavy (non-hydrogen) atoms. The number of anilines is 2. The predicted octanol–water partition coefficient (Wildman–Crippen LogP) is 3.48. The van der Waals surface area contributed by atoms with Crippen molar-refractivity contribution in [2.75, 3.05) is 36.9 Å². The zero-order chi connectivity index (χ0) is 23.6. The molecule has 1 aromatic heterocycles. The number of para-hydroxylation sites is 1. The van der Waals surface area contributed by atoms with Gasteiger partial charge in [-0.3, -0.25) is 5.01 Å². The maximum absolute atomic E-state index is 6.39. The van der Waals surface area contributed by atoms with Crippen LogP contribution in [-0.2, 0) is 0 Å². The van der Waals surface area contributed by atoms with Crippen LogP contribution in [0.25, 0.3) is 0 Å². The van der Waals surface area contributed by atoms with Crippen LogP contribution in [0.1, 0.15) is 42.9 Å². The summed E-state index contributed by atoms with van der Waals surface area (Å²) in [5, 5.41) is 5.74. The molecule has 1 unspecified atom stereocenters. The first-order valence-electron chi connectivity index (χ1n) is 12.7. The van der Waals surface area contributed by atoms with Crippen LogP contribution in [0.4, 0.5) is 11.6 Å². The molecule has 0 radical (unpaired) electrons. The number of piperidine rings is 2. The number of fused-ring (bicyclic) bond motifs is 1. The SMILES string of the molecule is Nc1ncnc2c1C(c1ccc(Oc3ccccc3)cc1)NN2C1CCN(C2CCNCC2)CC1. The molecule has 8 heteroatoms. The van der Waals surface area contributed by atoms with Gasteiger partial charge in [0.25, 0.3) is 0 Å². The normalized spacial score (nSPS) is 21.7. The number of likely N-dealkylation sites (tertiary alicyclic amines) is 1. The van der Waals surface area contributed by atoms with Gasteiger partial charge in [-0.25, -0.2) is 15.4 Å². The number of nitrogens with zero attached hydrogens (tertiary/aromatic N) is 4. The van der Waals surface area contributed by atoms with Crippen molar-refractivity contribution in [3.63, 3.8) is 0 Å². The molecule has 2 aromatic carbocycles. The highest BCUT2D eigenvalue weighted by Crippen LogP contribution is 2.40. The van der Waals surface area contributed by atoms with Crippen LogP contribution >= 0.6 is 0 Å². The Hall–Kier alpha value is -3.20. The molecule has 0 spiro atoms. The van der Waals surface area contributed by atoms with Crippen molar-refractivity contribution in [3.05, 3.63) is 72.1 Å². The first-order chi connectivity index (χ1) is 17.3. The highest BCUT2D eigenvalue weighted by molar-refractivity contribution is 5.64. The lowest BCUT2D eigenvalue weighted by atomic mass is 9.98. The summed E-state index contributed by atoms with van der Waals surface area (Å²) in [4.78, 5) is 11.7. The standard InChI is InChI=1S/C27H33N7O/c28-26-24-25(19-6-8-23(9-7-19)35-22-4-2-1-3-5-22)32-34(27(24)31-18-30-26)21-12-16-33(17-13-21)20-10-14-29-15-11-20/h1-9,18,20-21,25,29,32H,10-17H2,(H2,28,30,31). The Labute approximate surface area is 206 Å². The quantitative estimate of drug-likeness (QED) is 0.521. The van der Waals surface area contributed by atoms with Gasteiger partial charge in [0.05, 0.1) is 11.6 Å². The number of hydrogen-bond donors (Lipinski definition) is 3. The largest absolute Gasteiger partial charge is 0.457 e. The lowest BCUT2D eigenvalue weighted by Crippen LogP contribution is -2.53. The number of nitrogens with one attached hydrogen (secondary N) is 2. The fraction of sp³-hybridized carbons (Fsp3) is 0.407. The Kier molecular flexibility index (Phi) is 6.24. The minimum atomic E-state index is -0.0839. The van der Waals surface area contributed by atoms with Crippen LogP contribution in [0.5, 0.6) is 11.5 Å². The molecule has 2 fully saturated rings. The van der Waals surface area contributed by atoms with Crippen LogP contribution in [-0.4, -0.2) is 53.1 Å². The Morgan fingerprint density at radius 3 is 2.29 bits per heavy atom. The van der Waals surface area contributed by atoms with Crippen LogP contribution in [0.3, 0.4) is 0 Å². The lowest BCUT2D eigenvalue weighted by Gasteiger charge is -2.42. The molecule has 2 saturated heterocycles. The molecule has 0 saturated carbocycles. The van der Waals surface area contributed by atoms with Gasteiger partial charge in [0, 0.05) is 25.2 Å². The third-order valence-corrected chi connectivity index (χ3v) is 7.56. The molecule has 0 amide bonds. The number of nitrogen functional groups attached to an aromatic ring is 1. The van der Waals surface area contributed by atoms with E-state index in [1.165, 1.54) is 12.8 Å². The van der Waals surface area contributed by atoms with E-state index in [0.29, 0.717) is 11.9 Å². The van der Waals surface area contributed by atoms with Gasteiger partial charge in [-0.15, -0.1) is 0 Å². The number of hydrazine groups is 1. The third kappa shape index (κ3) is 4.57. The summed E-state index contributed by atoms with van der Waals surface area (Å²) < 4.78 is 5.98. The molecule has 4 N–H and O–H groups in total. The van der Waals surface area contributed by atoms with Crippen molar-refractivity contribution in [3.8, 4) is 11.5 Å². The molecule has 0 aliphatic carbocycles. The molecule has 8 nitrogen and oxygen atoms in total. The summed E-state index contributed by atoms with van der Waals surface area (Å²) in [5.74, 6) is 3.07. The number of ether oxygens (including phenoxy) is 1. The van der Waals surface area contributed by atoms with Gasteiger partial charge in [0.15, 0.2) is 5.82 Å². The molecule has 3 aliphatic rings. The second-order valence-corrected chi connectivity index (χ2v) is 9.66. The van der Waals surface area contributed by atoms with E-state index < -0.39 is 0 Å². The summed E-state index contributed by atoms with van der Waals surface area (Å²) in [5.41, 5.74) is 12.2. The molecular formula is C27H33N7O. The molecule has 3 aromatic rings. The molecule has 1 atom stereocenters. The minimum Gasteiger partial charge on any atom is -0.457 e. The molecular weight excluding hydrogens is 438 g/mol. The third-order valence-electron chi connectivity index (χ3n) is 7.56. The van der Waals surface area contributed by atoms with E-state index in [9.17, 15) is 0 Å². The fourth-order valence-corrected chi connectivity index (χ4v) is 5.69. The molecule has 4 heterocycles. The molecule has 3 aliphatic heterocycles.